The number of ether oxygens (including phenoxy) is 1. The number of amides is 1. The molecule has 1 aliphatic heterocycles. The molecule has 0 radical (unpaired) electrons. The van der Waals surface area contributed by atoms with Gasteiger partial charge < -0.3 is 15.0 Å². The Balaban J connectivity index is 2.01. The Hall–Kier alpha value is -1.55. The summed E-state index contributed by atoms with van der Waals surface area (Å²) >= 11 is 0. The number of benzene rings is 1. The van der Waals surface area contributed by atoms with Crippen LogP contribution in [0.15, 0.2) is 24.3 Å². The zero-order valence-corrected chi connectivity index (χ0v) is 12.6. The van der Waals surface area contributed by atoms with Crippen molar-refractivity contribution in [3.63, 3.8) is 0 Å². The third kappa shape index (κ3) is 3.73. The van der Waals surface area contributed by atoms with E-state index in [1.807, 2.05) is 29.2 Å². The van der Waals surface area contributed by atoms with E-state index < -0.39 is 0 Å². The van der Waals surface area contributed by atoms with E-state index in [-0.39, 0.29) is 5.91 Å². The first-order valence-electron chi connectivity index (χ1n) is 7.32. The van der Waals surface area contributed by atoms with E-state index in [1.165, 1.54) is 0 Å². The highest BCUT2D eigenvalue weighted by Gasteiger charge is 2.24. The van der Waals surface area contributed by atoms with Crippen LogP contribution in [0.1, 0.15) is 31.1 Å². The van der Waals surface area contributed by atoms with Gasteiger partial charge in [-0.2, -0.15) is 0 Å². The monoisotopic (exact) mass is 276 g/mol. The van der Waals surface area contributed by atoms with Gasteiger partial charge in [0, 0.05) is 12.6 Å². The molecule has 2 rings (SSSR count). The number of para-hydroxylation sites is 1. The van der Waals surface area contributed by atoms with Gasteiger partial charge >= 0.3 is 0 Å². The number of carbonyl (C=O) groups excluding carboxylic acids is 1. The summed E-state index contributed by atoms with van der Waals surface area (Å²) < 4.78 is 5.65. The molecule has 0 saturated carbocycles. The summed E-state index contributed by atoms with van der Waals surface area (Å²) in [5.41, 5.74) is 0.675. The molecule has 0 aromatic heterocycles. The van der Waals surface area contributed by atoms with Crippen LogP contribution >= 0.6 is 0 Å². The molecule has 1 atom stereocenters. The highest BCUT2D eigenvalue weighted by Crippen LogP contribution is 2.22. The molecule has 4 heteroatoms. The Labute approximate surface area is 121 Å². The van der Waals surface area contributed by atoms with E-state index in [0.717, 1.165) is 13.1 Å². The summed E-state index contributed by atoms with van der Waals surface area (Å²) in [6, 6.07) is 7.96. The van der Waals surface area contributed by atoms with Crippen molar-refractivity contribution < 1.29 is 9.53 Å². The van der Waals surface area contributed by atoms with Crippen molar-refractivity contribution in [2.24, 2.45) is 5.92 Å². The fraction of sp³-hybridized carbons (Fsp3) is 0.562. The largest absolute Gasteiger partial charge is 0.491 e. The topological polar surface area (TPSA) is 41.6 Å². The first-order chi connectivity index (χ1) is 9.58. The molecule has 0 aliphatic carbocycles. The third-order valence-electron chi connectivity index (χ3n) is 3.43. The summed E-state index contributed by atoms with van der Waals surface area (Å²) in [4.78, 5) is 14.4. The fourth-order valence-corrected chi connectivity index (χ4v) is 2.36. The molecule has 1 N–H and O–H groups in total. The van der Waals surface area contributed by atoms with Crippen molar-refractivity contribution in [2.45, 2.75) is 26.8 Å². The van der Waals surface area contributed by atoms with Crippen molar-refractivity contribution in [3.8, 4) is 5.75 Å². The maximum Gasteiger partial charge on any atom is 0.257 e. The normalized spacial score (nSPS) is 16.6. The lowest BCUT2D eigenvalue weighted by Crippen LogP contribution is -2.39. The molecule has 20 heavy (non-hydrogen) atoms. The summed E-state index contributed by atoms with van der Waals surface area (Å²) in [7, 11) is 0. The average molecular weight is 276 g/mol. The highest BCUT2D eigenvalue weighted by atomic mass is 16.5. The first-order valence-corrected chi connectivity index (χ1v) is 7.32. The highest BCUT2D eigenvalue weighted by molar-refractivity contribution is 5.97. The van der Waals surface area contributed by atoms with Crippen molar-refractivity contribution in [1.29, 1.82) is 0 Å². The van der Waals surface area contributed by atoms with Gasteiger partial charge in [-0.1, -0.05) is 32.9 Å². The van der Waals surface area contributed by atoms with Gasteiger partial charge in [-0.25, -0.2) is 0 Å². The molecule has 1 aromatic rings. The summed E-state index contributed by atoms with van der Waals surface area (Å²) in [5, 5.41) is 3.42. The summed E-state index contributed by atoms with van der Waals surface area (Å²) in [6.07, 6.45) is 0. The maximum absolute atomic E-state index is 12.5. The van der Waals surface area contributed by atoms with Crippen LogP contribution < -0.4 is 10.1 Å². The second-order valence-corrected chi connectivity index (χ2v) is 5.76. The van der Waals surface area contributed by atoms with E-state index in [0.29, 0.717) is 36.4 Å². The van der Waals surface area contributed by atoms with Crippen LogP contribution in [-0.4, -0.2) is 43.1 Å². The number of fused-ring (bicyclic) bond motifs is 1. The third-order valence-corrected chi connectivity index (χ3v) is 3.43. The summed E-state index contributed by atoms with van der Waals surface area (Å²) in [6.45, 7) is 9.33. The number of carbonyl (C=O) groups is 1. The lowest BCUT2D eigenvalue weighted by Gasteiger charge is -2.24. The molecule has 0 spiro atoms. The molecule has 1 amide bonds. The predicted molar refractivity (Wildman–Crippen MR) is 80.1 cm³/mol. The Morgan fingerprint density at radius 1 is 1.30 bits per heavy atom. The van der Waals surface area contributed by atoms with Gasteiger partial charge in [0.05, 0.1) is 12.1 Å². The minimum absolute atomic E-state index is 0.0782. The van der Waals surface area contributed by atoms with E-state index >= 15 is 0 Å². The van der Waals surface area contributed by atoms with Crippen LogP contribution in [-0.2, 0) is 0 Å². The number of hydrogen-bond acceptors (Lipinski definition) is 3. The number of nitrogens with zero attached hydrogens (tertiary/aromatic N) is 1. The SMILES string of the molecule is CC(CNC(C)C)CN1CCOc2ccccc2C1=O. The van der Waals surface area contributed by atoms with Gasteiger partial charge in [-0.15, -0.1) is 0 Å². The molecule has 4 nitrogen and oxygen atoms in total. The van der Waals surface area contributed by atoms with Crippen LogP contribution in [0.3, 0.4) is 0 Å². The van der Waals surface area contributed by atoms with Crippen molar-refractivity contribution in [2.75, 3.05) is 26.2 Å². The minimum atomic E-state index is 0.0782. The lowest BCUT2D eigenvalue weighted by atomic mass is 10.1. The molecular weight excluding hydrogens is 252 g/mol. The molecule has 0 saturated heterocycles. The van der Waals surface area contributed by atoms with Gasteiger partial charge in [-0.05, 0) is 24.6 Å². The summed E-state index contributed by atoms with van der Waals surface area (Å²) in [5.74, 6) is 1.20. The Bertz CT molecular complexity index is 460. The van der Waals surface area contributed by atoms with Gasteiger partial charge in [0.1, 0.15) is 12.4 Å². The van der Waals surface area contributed by atoms with Crippen LogP contribution in [0, 0.1) is 5.92 Å². The fourth-order valence-electron chi connectivity index (χ4n) is 2.36. The Morgan fingerprint density at radius 3 is 2.80 bits per heavy atom. The molecular formula is C16H24N2O2. The molecule has 1 aliphatic rings. The Morgan fingerprint density at radius 2 is 2.05 bits per heavy atom. The predicted octanol–water partition coefficient (Wildman–Crippen LogP) is 2.16. The lowest BCUT2D eigenvalue weighted by molar-refractivity contribution is 0.0731. The average Bonchev–Trinajstić information content (AvgIpc) is 2.58. The smallest absolute Gasteiger partial charge is 0.257 e. The van der Waals surface area contributed by atoms with Gasteiger partial charge in [0.2, 0.25) is 0 Å². The number of hydrogen-bond donors (Lipinski definition) is 1. The molecule has 1 aromatic carbocycles. The standard InChI is InChI=1S/C16H24N2O2/c1-12(2)17-10-13(3)11-18-8-9-20-15-7-5-4-6-14(15)16(18)19/h4-7,12-13,17H,8-11H2,1-3H3. The zero-order valence-electron chi connectivity index (χ0n) is 12.6. The second-order valence-electron chi connectivity index (χ2n) is 5.76. The van der Waals surface area contributed by atoms with Crippen molar-refractivity contribution in [1.82, 2.24) is 10.2 Å². The van der Waals surface area contributed by atoms with E-state index in [4.69, 9.17) is 4.74 Å². The Kier molecular flexibility index (Phi) is 5.01. The zero-order chi connectivity index (χ0) is 14.5. The van der Waals surface area contributed by atoms with Crippen LogP contribution in [0.4, 0.5) is 0 Å². The van der Waals surface area contributed by atoms with Crippen LogP contribution in [0.2, 0.25) is 0 Å². The van der Waals surface area contributed by atoms with Crippen LogP contribution in [0.25, 0.3) is 0 Å². The van der Waals surface area contributed by atoms with Gasteiger partial charge in [-0.3, -0.25) is 4.79 Å². The first kappa shape index (κ1) is 14.9. The molecule has 1 unspecified atom stereocenters. The van der Waals surface area contributed by atoms with Gasteiger partial charge in [0.15, 0.2) is 0 Å². The molecule has 110 valence electrons. The number of rotatable bonds is 5. The van der Waals surface area contributed by atoms with Crippen LogP contribution in [0.5, 0.6) is 5.75 Å². The molecule has 1 heterocycles. The minimum Gasteiger partial charge on any atom is -0.491 e. The molecule has 0 fully saturated rings. The van der Waals surface area contributed by atoms with Crippen molar-refractivity contribution in [3.05, 3.63) is 29.8 Å². The van der Waals surface area contributed by atoms with E-state index in [1.54, 1.807) is 0 Å². The van der Waals surface area contributed by atoms with Gasteiger partial charge in [0.25, 0.3) is 5.91 Å². The maximum atomic E-state index is 12.5. The number of nitrogens with one attached hydrogen (secondary N) is 1. The van der Waals surface area contributed by atoms with E-state index in [2.05, 4.69) is 26.1 Å². The quantitative estimate of drug-likeness (QED) is 0.896. The molecule has 0 bridgehead atoms. The van der Waals surface area contributed by atoms with E-state index in [9.17, 15) is 4.79 Å². The van der Waals surface area contributed by atoms with Crippen molar-refractivity contribution >= 4 is 5.91 Å². The second kappa shape index (κ2) is 6.75.